The van der Waals surface area contributed by atoms with Gasteiger partial charge in [0.25, 0.3) is 0 Å². The van der Waals surface area contributed by atoms with E-state index in [4.69, 9.17) is 11.4 Å². The van der Waals surface area contributed by atoms with E-state index in [1.54, 1.807) is 6.33 Å². The molecule has 1 atom stereocenters. The van der Waals surface area contributed by atoms with Gasteiger partial charge in [0.05, 0.1) is 28.3 Å². The van der Waals surface area contributed by atoms with Crippen LogP contribution in [0.15, 0.2) is 66.1 Å². The molecule has 5 nitrogen and oxygen atoms in total. The molecule has 0 aliphatic carbocycles. The van der Waals surface area contributed by atoms with Crippen molar-refractivity contribution in [3.63, 3.8) is 0 Å². The van der Waals surface area contributed by atoms with Gasteiger partial charge in [-0.1, -0.05) is 57.1 Å². The number of fused-ring (bicyclic) bond motifs is 1. The van der Waals surface area contributed by atoms with Crippen LogP contribution in [0.25, 0.3) is 27.7 Å². The van der Waals surface area contributed by atoms with Gasteiger partial charge in [0.2, 0.25) is 0 Å². The van der Waals surface area contributed by atoms with Crippen molar-refractivity contribution in [1.29, 1.82) is 0 Å². The first-order chi connectivity index (χ1) is 18.5. The predicted octanol–water partition coefficient (Wildman–Crippen LogP) is 6.88. The minimum atomic E-state index is -0.0481. The molecule has 0 spiro atoms. The maximum atomic E-state index is 5.81. The lowest BCUT2D eigenvalue weighted by molar-refractivity contribution is 0.315. The van der Waals surface area contributed by atoms with Crippen LogP contribution in [-0.2, 0) is 5.75 Å². The van der Waals surface area contributed by atoms with Gasteiger partial charge in [0.1, 0.15) is 0 Å². The summed E-state index contributed by atoms with van der Waals surface area (Å²) in [5.41, 5.74) is 6.20. The fourth-order valence-electron chi connectivity index (χ4n) is 4.54. The monoisotopic (exact) mass is 525 g/mol. The van der Waals surface area contributed by atoms with Gasteiger partial charge in [-0.05, 0) is 48.6 Å². The number of benzene rings is 1. The Bertz CT molecular complexity index is 1350. The predicted molar refractivity (Wildman–Crippen MR) is 163 cm³/mol. The fourth-order valence-corrected chi connectivity index (χ4v) is 5.75. The summed E-state index contributed by atoms with van der Waals surface area (Å²) >= 11 is 1.91. The van der Waals surface area contributed by atoms with E-state index in [0.29, 0.717) is 5.92 Å². The third-order valence-electron chi connectivity index (χ3n) is 6.59. The standard InChI is InChI=1S/C32H39N5S/c1-6-8-9-10-28(24(5)7-2)32-31(35-22-36-32)26-11-12-29-27(19-26)18-25(20-34-29)21-38-30(17-23(3)4)37-15-13-33-14-16-37/h2,8-12,17-20,22-24,33H,6,13-16,21H2,1,3-5H3,(H,35,36)/b9-8-,28-10+,30-17-. The topological polar surface area (TPSA) is 56.8 Å². The molecule has 6 heteroatoms. The van der Waals surface area contributed by atoms with Crippen molar-refractivity contribution in [3.8, 4) is 23.6 Å². The molecule has 1 saturated heterocycles. The Labute approximate surface area is 231 Å². The van der Waals surface area contributed by atoms with Crippen molar-refractivity contribution in [2.24, 2.45) is 11.8 Å². The Morgan fingerprint density at radius 1 is 1.18 bits per heavy atom. The molecule has 3 heterocycles. The maximum absolute atomic E-state index is 5.81. The Hall–Kier alpha value is -3.27. The molecule has 3 aromatic rings. The van der Waals surface area contributed by atoms with Crippen molar-refractivity contribution in [2.75, 3.05) is 26.2 Å². The van der Waals surface area contributed by atoms with Gasteiger partial charge in [-0.2, -0.15) is 0 Å². The first-order valence-corrected chi connectivity index (χ1v) is 14.5. The van der Waals surface area contributed by atoms with Crippen LogP contribution < -0.4 is 5.32 Å². The van der Waals surface area contributed by atoms with Crippen LogP contribution in [0, 0.1) is 24.2 Å². The molecule has 0 saturated carbocycles. The average Bonchev–Trinajstić information content (AvgIpc) is 3.42. The molecule has 0 radical (unpaired) electrons. The third kappa shape index (κ3) is 6.98. The smallest absolute Gasteiger partial charge is 0.0933 e. The zero-order chi connectivity index (χ0) is 26.9. The van der Waals surface area contributed by atoms with Gasteiger partial charge in [-0.3, -0.25) is 4.98 Å². The van der Waals surface area contributed by atoms with Crippen LogP contribution in [0.4, 0.5) is 0 Å². The van der Waals surface area contributed by atoms with E-state index in [0.717, 1.165) is 71.8 Å². The molecule has 2 aromatic heterocycles. The molecule has 198 valence electrons. The highest BCUT2D eigenvalue weighted by molar-refractivity contribution is 8.02. The van der Waals surface area contributed by atoms with E-state index in [1.165, 1.54) is 10.6 Å². The molecule has 1 fully saturated rings. The summed E-state index contributed by atoms with van der Waals surface area (Å²) in [7, 11) is 0. The molecule has 0 bridgehead atoms. The summed E-state index contributed by atoms with van der Waals surface area (Å²) < 4.78 is 0. The second-order valence-corrected chi connectivity index (χ2v) is 11.0. The van der Waals surface area contributed by atoms with E-state index < -0.39 is 0 Å². The number of hydrogen-bond donors (Lipinski definition) is 2. The molecule has 4 rings (SSSR count). The first-order valence-electron chi connectivity index (χ1n) is 13.6. The number of imidazole rings is 1. The number of piperazine rings is 1. The highest BCUT2D eigenvalue weighted by atomic mass is 32.2. The number of nitrogens with zero attached hydrogens (tertiary/aromatic N) is 3. The van der Waals surface area contributed by atoms with E-state index in [-0.39, 0.29) is 5.92 Å². The number of H-pyrrole nitrogens is 1. The third-order valence-corrected chi connectivity index (χ3v) is 7.76. The zero-order valence-electron chi connectivity index (χ0n) is 23.0. The quantitative estimate of drug-likeness (QED) is 0.223. The Kier molecular flexibility index (Phi) is 9.86. The zero-order valence-corrected chi connectivity index (χ0v) is 23.8. The molecular weight excluding hydrogens is 486 g/mol. The van der Waals surface area contributed by atoms with Crippen molar-refractivity contribution in [1.82, 2.24) is 25.2 Å². The van der Waals surface area contributed by atoms with E-state index in [9.17, 15) is 0 Å². The molecule has 1 unspecified atom stereocenters. The summed E-state index contributed by atoms with van der Waals surface area (Å²) in [6.45, 7) is 12.8. The number of nitrogens with one attached hydrogen (secondary N) is 2. The van der Waals surface area contributed by atoms with Gasteiger partial charge in [0, 0.05) is 55.0 Å². The van der Waals surface area contributed by atoms with Crippen molar-refractivity contribution in [3.05, 3.63) is 77.4 Å². The normalized spacial score (nSPS) is 15.9. The number of rotatable bonds is 10. The minimum absolute atomic E-state index is 0.0481. The van der Waals surface area contributed by atoms with Crippen molar-refractivity contribution in [2.45, 2.75) is 39.9 Å². The van der Waals surface area contributed by atoms with Crippen LogP contribution in [0.5, 0.6) is 0 Å². The average molecular weight is 526 g/mol. The highest BCUT2D eigenvalue weighted by Gasteiger charge is 2.18. The Morgan fingerprint density at radius 2 is 2.00 bits per heavy atom. The molecule has 0 amide bonds. The fraction of sp³-hybridized carbons (Fsp3) is 0.375. The molecule has 1 aliphatic rings. The van der Waals surface area contributed by atoms with Gasteiger partial charge in [-0.15, -0.1) is 18.2 Å². The van der Waals surface area contributed by atoms with Gasteiger partial charge < -0.3 is 15.2 Å². The molecule has 2 N–H and O–H groups in total. The number of pyridine rings is 1. The van der Waals surface area contributed by atoms with Crippen LogP contribution in [0.1, 0.15) is 45.4 Å². The van der Waals surface area contributed by atoms with Crippen LogP contribution in [-0.4, -0.2) is 46.0 Å². The second kappa shape index (κ2) is 13.5. The van der Waals surface area contributed by atoms with E-state index in [1.807, 2.05) is 24.9 Å². The second-order valence-electron chi connectivity index (χ2n) is 10.00. The molecular formula is C32H39N5S. The first kappa shape index (κ1) is 27.8. The Morgan fingerprint density at radius 3 is 2.74 bits per heavy atom. The van der Waals surface area contributed by atoms with Crippen LogP contribution in [0.2, 0.25) is 0 Å². The van der Waals surface area contributed by atoms with Gasteiger partial charge in [-0.25, -0.2) is 4.98 Å². The number of thioether (sulfide) groups is 1. The van der Waals surface area contributed by atoms with Gasteiger partial charge >= 0.3 is 0 Å². The van der Waals surface area contributed by atoms with Crippen molar-refractivity contribution < 1.29 is 0 Å². The lowest BCUT2D eigenvalue weighted by Gasteiger charge is -2.31. The van der Waals surface area contributed by atoms with E-state index in [2.05, 4.69) is 95.4 Å². The summed E-state index contributed by atoms with van der Waals surface area (Å²) in [5.74, 6) is 4.23. The number of aromatic nitrogens is 3. The summed E-state index contributed by atoms with van der Waals surface area (Å²) in [6, 6.07) is 8.66. The summed E-state index contributed by atoms with van der Waals surface area (Å²) in [4.78, 5) is 15.3. The number of terminal acetylenes is 1. The molecule has 38 heavy (non-hydrogen) atoms. The number of aromatic amines is 1. The SMILES string of the molecule is C#CC(C)/C(=C\C=C/CC)c1nc[nH]c1-c1ccc2ncc(CS/C(=C\C(C)C)N3CCNCC3)cc2c1. The highest BCUT2D eigenvalue weighted by Crippen LogP contribution is 2.33. The number of hydrogen-bond acceptors (Lipinski definition) is 5. The largest absolute Gasteiger partial charge is 0.364 e. The molecule has 1 aromatic carbocycles. The maximum Gasteiger partial charge on any atom is 0.0933 e. The molecule has 1 aliphatic heterocycles. The Balaban J connectivity index is 1.61. The summed E-state index contributed by atoms with van der Waals surface area (Å²) in [5, 5.41) is 5.95. The minimum Gasteiger partial charge on any atom is -0.364 e. The number of allylic oxidation sites excluding steroid dienone is 5. The van der Waals surface area contributed by atoms with Crippen LogP contribution in [0.3, 0.4) is 0 Å². The summed E-state index contributed by atoms with van der Waals surface area (Å²) in [6.07, 6.45) is 19.2. The lowest BCUT2D eigenvalue weighted by atomic mass is 9.94. The lowest BCUT2D eigenvalue weighted by Crippen LogP contribution is -2.42. The van der Waals surface area contributed by atoms with Crippen LogP contribution >= 0.6 is 11.8 Å². The van der Waals surface area contributed by atoms with Crippen molar-refractivity contribution >= 4 is 28.2 Å². The van der Waals surface area contributed by atoms with E-state index >= 15 is 0 Å². The van der Waals surface area contributed by atoms with Gasteiger partial charge in [0.15, 0.2) is 0 Å².